The molecule has 0 bridgehead atoms. The highest BCUT2D eigenvalue weighted by Gasteiger charge is 2.18. The number of aryl methyl sites for hydroxylation is 1. The van der Waals surface area contributed by atoms with Gasteiger partial charge in [0.2, 0.25) is 11.9 Å². The topological polar surface area (TPSA) is 173 Å². The second-order valence-corrected chi connectivity index (χ2v) is 7.75. The Morgan fingerprint density at radius 1 is 1.09 bits per heavy atom. The van der Waals surface area contributed by atoms with Crippen LogP contribution in [-0.4, -0.2) is 51.8 Å². The van der Waals surface area contributed by atoms with Gasteiger partial charge in [-0.25, -0.2) is 9.97 Å². The highest BCUT2D eigenvalue weighted by atomic mass is 16.3. The molecule has 2 heterocycles. The van der Waals surface area contributed by atoms with Gasteiger partial charge in [0.15, 0.2) is 5.78 Å². The first-order valence-corrected chi connectivity index (χ1v) is 10.6. The number of phenols is 1. The zero-order valence-electron chi connectivity index (χ0n) is 18.6. The minimum atomic E-state index is -0.544. The summed E-state index contributed by atoms with van der Waals surface area (Å²) in [4.78, 5) is 42.4. The number of rotatable bonds is 5. The highest BCUT2D eigenvalue weighted by Crippen LogP contribution is 2.22. The molecular weight excluding hydrogens is 436 g/mol. The molecule has 2 amide bonds. The largest absolute Gasteiger partial charge is 0.507 e. The van der Waals surface area contributed by atoms with Crippen molar-refractivity contribution in [2.24, 2.45) is 5.73 Å². The van der Waals surface area contributed by atoms with Crippen LogP contribution in [0, 0.1) is 6.92 Å². The number of hydrogen-bond acceptors (Lipinski definition) is 8. The molecule has 0 unspecified atom stereocenters. The minimum Gasteiger partial charge on any atom is -0.507 e. The van der Waals surface area contributed by atoms with Gasteiger partial charge in [0.05, 0.1) is 5.56 Å². The van der Waals surface area contributed by atoms with Crippen LogP contribution in [0.15, 0.2) is 54.7 Å². The lowest BCUT2D eigenvalue weighted by Crippen LogP contribution is -2.36. The molecule has 1 aromatic heterocycles. The summed E-state index contributed by atoms with van der Waals surface area (Å²) in [5, 5.41) is 15.8. The number of anilines is 1. The van der Waals surface area contributed by atoms with Gasteiger partial charge in [-0.05, 0) is 55.8 Å². The standard InChI is InChI=1S/C15H13NO3.C9H13N5O/c1-9-2-7-12(13(17)8-9)14(18)10-3-5-11(6-4-10)15(16)19;10-9-12-4-2-7(14-9)8(15)13-6-1-3-11-5-6/h2-8,17H,1H3,(H2,16,19);2,4,6,11H,1,3,5H2,(H,13,15)(H2,10,12,14)/t;6-/m.0/s1. The molecule has 10 nitrogen and oxygen atoms in total. The van der Waals surface area contributed by atoms with E-state index < -0.39 is 5.91 Å². The molecule has 3 aromatic rings. The summed E-state index contributed by atoms with van der Waals surface area (Å²) < 4.78 is 0. The van der Waals surface area contributed by atoms with E-state index in [-0.39, 0.29) is 35.0 Å². The van der Waals surface area contributed by atoms with Crippen LogP contribution in [0.1, 0.15) is 48.8 Å². The van der Waals surface area contributed by atoms with E-state index >= 15 is 0 Å². The van der Waals surface area contributed by atoms with E-state index in [1.54, 1.807) is 18.2 Å². The van der Waals surface area contributed by atoms with Crippen LogP contribution in [0.25, 0.3) is 0 Å². The van der Waals surface area contributed by atoms with Crippen molar-refractivity contribution in [3.63, 3.8) is 0 Å². The first-order chi connectivity index (χ1) is 16.2. The van der Waals surface area contributed by atoms with Gasteiger partial charge in [0.25, 0.3) is 5.91 Å². The monoisotopic (exact) mass is 462 g/mol. The fraction of sp³-hybridized carbons (Fsp3) is 0.208. The lowest BCUT2D eigenvalue weighted by Gasteiger charge is -2.10. The molecule has 0 saturated carbocycles. The van der Waals surface area contributed by atoms with Crippen LogP contribution in [-0.2, 0) is 0 Å². The molecule has 0 spiro atoms. The minimum absolute atomic E-state index is 0.0519. The third kappa shape index (κ3) is 6.36. The molecular formula is C24H26N6O4. The van der Waals surface area contributed by atoms with Gasteiger partial charge in [0.1, 0.15) is 11.4 Å². The molecule has 1 atom stereocenters. The Labute approximate surface area is 196 Å². The fourth-order valence-electron chi connectivity index (χ4n) is 3.31. The average Bonchev–Trinajstić information content (AvgIpc) is 3.32. The lowest BCUT2D eigenvalue weighted by molar-refractivity contribution is 0.0933. The van der Waals surface area contributed by atoms with Crippen molar-refractivity contribution in [1.29, 1.82) is 0 Å². The van der Waals surface area contributed by atoms with Crippen molar-refractivity contribution >= 4 is 23.5 Å². The van der Waals surface area contributed by atoms with Gasteiger partial charge in [-0.1, -0.05) is 18.2 Å². The van der Waals surface area contributed by atoms with Crippen molar-refractivity contribution in [3.8, 4) is 5.75 Å². The number of amides is 2. The van der Waals surface area contributed by atoms with E-state index in [4.69, 9.17) is 11.5 Å². The molecule has 1 saturated heterocycles. The Kier molecular flexibility index (Phi) is 7.88. The molecule has 34 heavy (non-hydrogen) atoms. The van der Waals surface area contributed by atoms with Gasteiger partial charge >= 0.3 is 0 Å². The molecule has 0 aliphatic carbocycles. The number of nitrogens with zero attached hydrogens (tertiary/aromatic N) is 2. The quantitative estimate of drug-likeness (QED) is 0.351. The maximum absolute atomic E-state index is 12.2. The maximum Gasteiger partial charge on any atom is 0.270 e. The number of hydrogen-bond donors (Lipinski definition) is 5. The van der Waals surface area contributed by atoms with E-state index in [0.29, 0.717) is 16.8 Å². The van der Waals surface area contributed by atoms with Gasteiger partial charge in [-0.15, -0.1) is 0 Å². The third-order valence-electron chi connectivity index (χ3n) is 5.13. The number of ketones is 1. The summed E-state index contributed by atoms with van der Waals surface area (Å²) in [5.41, 5.74) is 12.7. The van der Waals surface area contributed by atoms with Crippen LogP contribution < -0.4 is 22.1 Å². The smallest absolute Gasteiger partial charge is 0.270 e. The Morgan fingerprint density at radius 2 is 1.79 bits per heavy atom. The number of carbonyl (C=O) groups is 3. The molecule has 1 fully saturated rings. The number of nitrogens with two attached hydrogens (primary N) is 2. The Balaban J connectivity index is 0.000000196. The number of benzene rings is 2. The maximum atomic E-state index is 12.2. The van der Waals surface area contributed by atoms with Crippen LogP contribution in [0.3, 0.4) is 0 Å². The average molecular weight is 463 g/mol. The van der Waals surface area contributed by atoms with E-state index in [2.05, 4.69) is 20.6 Å². The van der Waals surface area contributed by atoms with E-state index in [0.717, 1.165) is 25.1 Å². The molecule has 10 heteroatoms. The number of carbonyl (C=O) groups excluding carboxylic acids is 3. The highest BCUT2D eigenvalue weighted by molar-refractivity contribution is 6.11. The summed E-state index contributed by atoms with van der Waals surface area (Å²) in [6, 6.07) is 12.6. The lowest BCUT2D eigenvalue weighted by atomic mass is 10.00. The summed E-state index contributed by atoms with van der Waals surface area (Å²) in [6.07, 6.45) is 2.43. The normalized spacial score (nSPS) is 14.6. The molecule has 2 aromatic carbocycles. The predicted octanol–water partition coefficient (Wildman–Crippen LogP) is 1.18. The molecule has 1 aliphatic heterocycles. The zero-order valence-corrected chi connectivity index (χ0v) is 18.6. The number of nitrogen functional groups attached to an aromatic ring is 1. The zero-order chi connectivity index (χ0) is 24.7. The Morgan fingerprint density at radius 3 is 2.38 bits per heavy atom. The fourth-order valence-corrected chi connectivity index (χ4v) is 3.31. The van der Waals surface area contributed by atoms with Gasteiger partial charge in [0, 0.05) is 29.9 Å². The van der Waals surface area contributed by atoms with E-state index in [9.17, 15) is 19.5 Å². The summed E-state index contributed by atoms with van der Waals surface area (Å²) in [5.74, 6) is -0.973. The Bertz CT molecular complexity index is 1190. The van der Waals surface area contributed by atoms with Crippen LogP contribution in [0.2, 0.25) is 0 Å². The number of phenolic OH excluding ortho intramolecular Hbond substituents is 1. The molecule has 176 valence electrons. The molecule has 7 N–H and O–H groups in total. The van der Waals surface area contributed by atoms with Crippen LogP contribution in [0.5, 0.6) is 5.75 Å². The molecule has 1 aliphatic rings. The van der Waals surface area contributed by atoms with Gasteiger partial charge < -0.3 is 27.2 Å². The summed E-state index contributed by atoms with van der Waals surface area (Å²) in [7, 11) is 0. The van der Waals surface area contributed by atoms with E-state index in [1.807, 2.05) is 6.92 Å². The van der Waals surface area contributed by atoms with Gasteiger partial charge in [-0.2, -0.15) is 0 Å². The number of nitrogens with one attached hydrogen (secondary N) is 2. The van der Waals surface area contributed by atoms with Crippen molar-refractivity contribution in [1.82, 2.24) is 20.6 Å². The second kappa shape index (κ2) is 11.0. The second-order valence-electron chi connectivity index (χ2n) is 7.75. The van der Waals surface area contributed by atoms with Crippen LogP contribution in [0.4, 0.5) is 5.95 Å². The molecule has 0 radical (unpaired) electrons. The number of primary amides is 1. The van der Waals surface area contributed by atoms with Crippen molar-refractivity contribution in [3.05, 3.63) is 82.7 Å². The van der Waals surface area contributed by atoms with Crippen LogP contribution >= 0.6 is 0 Å². The summed E-state index contributed by atoms with van der Waals surface area (Å²) in [6.45, 7) is 3.58. The molecule has 4 rings (SSSR count). The number of aromatic nitrogens is 2. The van der Waals surface area contributed by atoms with Crippen molar-refractivity contribution < 1.29 is 19.5 Å². The first kappa shape index (κ1) is 24.3. The first-order valence-electron chi connectivity index (χ1n) is 10.6. The van der Waals surface area contributed by atoms with Crippen molar-refractivity contribution in [2.75, 3.05) is 18.8 Å². The number of aromatic hydroxyl groups is 1. The Hall–Kier alpha value is -4.31. The van der Waals surface area contributed by atoms with Gasteiger partial charge in [-0.3, -0.25) is 14.4 Å². The predicted molar refractivity (Wildman–Crippen MR) is 126 cm³/mol. The van der Waals surface area contributed by atoms with E-state index in [1.165, 1.54) is 36.5 Å². The third-order valence-corrected chi connectivity index (χ3v) is 5.13. The SMILES string of the molecule is Cc1ccc(C(=O)c2ccc(C(N)=O)cc2)c(O)c1.Nc1nccc(C(=O)N[C@H]2CCNC2)n1. The summed E-state index contributed by atoms with van der Waals surface area (Å²) >= 11 is 0. The van der Waals surface area contributed by atoms with Crippen molar-refractivity contribution in [2.45, 2.75) is 19.4 Å².